The minimum absolute atomic E-state index is 0.162. The van der Waals surface area contributed by atoms with Crippen molar-refractivity contribution in [1.82, 2.24) is 0 Å². The number of hydrogen-bond donors (Lipinski definition) is 0. The first kappa shape index (κ1) is 13.1. The Kier molecular flexibility index (Phi) is 6.04. The van der Waals surface area contributed by atoms with Crippen molar-refractivity contribution < 1.29 is 9.72 Å². The minimum atomic E-state index is -0.931. The molecule has 1 atom stereocenters. The van der Waals surface area contributed by atoms with Crippen LogP contribution in [0.3, 0.4) is 0 Å². The minimum Gasteiger partial charge on any atom is -0.292 e. The molecule has 92 valence electrons. The second-order valence-electron chi connectivity index (χ2n) is 4.63. The van der Waals surface area contributed by atoms with Crippen LogP contribution in [-0.2, 0) is 4.79 Å². The van der Waals surface area contributed by atoms with Crippen LogP contribution >= 0.6 is 0 Å². The van der Waals surface area contributed by atoms with Crippen LogP contribution in [0, 0.1) is 10.1 Å². The van der Waals surface area contributed by atoms with Crippen molar-refractivity contribution in [3.05, 3.63) is 10.1 Å². The summed E-state index contributed by atoms with van der Waals surface area (Å²) in [6.45, 7) is 0. The van der Waals surface area contributed by atoms with Gasteiger partial charge >= 0.3 is 0 Å². The van der Waals surface area contributed by atoms with Crippen molar-refractivity contribution in [2.45, 2.75) is 70.3 Å². The van der Waals surface area contributed by atoms with Crippen LogP contribution in [0.15, 0.2) is 0 Å². The Hall–Kier alpha value is -0.930. The molecule has 1 rings (SSSR count). The van der Waals surface area contributed by atoms with Crippen LogP contribution in [0.1, 0.15) is 64.2 Å². The van der Waals surface area contributed by atoms with Gasteiger partial charge in [-0.2, -0.15) is 0 Å². The van der Waals surface area contributed by atoms with Crippen molar-refractivity contribution >= 4 is 5.78 Å². The fourth-order valence-corrected chi connectivity index (χ4v) is 2.25. The maximum atomic E-state index is 11.6. The van der Waals surface area contributed by atoms with E-state index < -0.39 is 11.0 Å². The molecule has 0 unspecified atom stereocenters. The van der Waals surface area contributed by atoms with Gasteiger partial charge in [0.2, 0.25) is 5.78 Å². The molecule has 1 aliphatic carbocycles. The summed E-state index contributed by atoms with van der Waals surface area (Å²) in [5, 5.41) is 10.8. The summed E-state index contributed by atoms with van der Waals surface area (Å²) in [7, 11) is 0. The third-order valence-corrected chi connectivity index (χ3v) is 3.28. The largest absolute Gasteiger partial charge is 0.292 e. The van der Waals surface area contributed by atoms with E-state index in [-0.39, 0.29) is 5.78 Å². The number of rotatable bonds is 1. The zero-order valence-electron chi connectivity index (χ0n) is 9.82. The van der Waals surface area contributed by atoms with Crippen LogP contribution < -0.4 is 0 Å². The molecule has 0 N–H and O–H groups in total. The Morgan fingerprint density at radius 3 is 2.00 bits per heavy atom. The molecule has 1 saturated carbocycles. The number of hydrogen-bond acceptors (Lipinski definition) is 3. The standard InChI is InChI=1S/C12H21NO3/c14-12-10-8-6-4-2-1-3-5-7-9-11(12)13(15)16/h11H,1-10H2/t11-/m0/s1. The highest BCUT2D eigenvalue weighted by molar-refractivity contribution is 5.82. The van der Waals surface area contributed by atoms with Gasteiger partial charge in [0, 0.05) is 17.8 Å². The molecule has 1 aliphatic rings. The fraction of sp³-hybridized carbons (Fsp3) is 0.917. The lowest BCUT2D eigenvalue weighted by Gasteiger charge is -2.10. The van der Waals surface area contributed by atoms with E-state index in [4.69, 9.17) is 0 Å². The highest BCUT2D eigenvalue weighted by Crippen LogP contribution is 2.16. The molecule has 0 aromatic rings. The second-order valence-corrected chi connectivity index (χ2v) is 4.63. The molecule has 4 heteroatoms. The third kappa shape index (κ3) is 4.73. The van der Waals surface area contributed by atoms with Crippen molar-refractivity contribution in [1.29, 1.82) is 0 Å². The number of carbonyl (C=O) groups is 1. The molecule has 0 aromatic heterocycles. The van der Waals surface area contributed by atoms with Gasteiger partial charge in [0.1, 0.15) is 0 Å². The molecular formula is C12H21NO3. The number of Topliss-reactive ketones (excluding diaryl/α,β-unsaturated/α-hetero) is 1. The average molecular weight is 227 g/mol. The molecule has 0 heterocycles. The smallest absolute Gasteiger partial charge is 0.270 e. The fourth-order valence-electron chi connectivity index (χ4n) is 2.25. The van der Waals surface area contributed by atoms with E-state index in [1.165, 1.54) is 12.8 Å². The van der Waals surface area contributed by atoms with Gasteiger partial charge in [0.05, 0.1) is 0 Å². The van der Waals surface area contributed by atoms with E-state index >= 15 is 0 Å². The van der Waals surface area contributed by atoms with Crippen LogP contribution in [0.25, 0.3) is 0 Å². The lowest BCUT2D eigenvalue weighted by atomic mass is 9.97. The predicted octanol–water partition coefficient (Wildman–Crippen LogP) is 3.12. The summed E-state index contributed by atoms with van der Waals surface area (Å²) in [5.74, 6) is -0.162. The van der Waals surface area contributed by atoms with Crippen molar-refractivity contribution in [2.75, 3.05) is 0 Å². The molecule has 4 nitrogen and oxygen atoms in total. The third-order valence-electron chi connectivity index (χ3n) is 3.28. The quantitative estimate of drug-likeness (QED) is 0.510. The number of ketones is 1. The van der Waals surface area contributed by atoms with E-state index in [1.54, 1.807) is 0 Å². The van der Waals surface area contributed by atoms with Crippen molar-refractivity contribution in [3.8, 4) is 0 Å². The van der Waals surface area contributed by atoms with Gasteiger partial charge in [0.15, 0.2) is 0 Å². The SMILES string of the molecule is O=C1CCCCCCCCCC[C@@H]1[N+](=O)[O-]. The number of nitrogens with zero attached hydrogens (tertiary/aromatic N) is 1. The molecule has 0 aliphatic heterocycles. The van der Waals surface area contributed by atoms with Gasteiger partial charge in [-0.15, -0.1) is 0 Å². The summed E-state index contributed by atoms with van der Waals surface area (Å²) in [6.07, 6.45) is 9.32. The molecule has 0 bridgehead atoms. The second kappa shape index (κ2) is 7.36. The van der Waals surface area contributed by atoms with Gasteiger partial charge < -0.3 is 0 Å². The summed E-state index contributed by atoms with van der Waals surface area (Å²) in [4.78, 5) is 22.0. The first-order valence-corrected chi connectivity index (χ1v) is 6.38. The number of nitro groups is 1. The van der Waals surface area contributed by atoms with Gasteiger partial charge in [-0.05, 0) is 12.8 Å². The highest BCUT2D eigenvalue weighted by Gasteiger charge is 2.27. The topological polar surface area (TPSA) is 60.2 Å². The summed E-state index contributed by atoms with van der Waals surface area (Å²) in [5.41, 5.74) is 0. The first-order valence-electron chi connectivity index (χ1n) is 6.38. The van der Waals surface area contributed by atoms with Crippen LogP contribution in [0.4, 0.5) is 0 Å². The zero-order valence-corrected chi connectivity index (χ0v) is 9.82. The molecule has 1 fully saturated rings. The molecule has 16 heavy (non-hydrogen) atoms. The maximum absolute atomic E-state index is 11.6. The van der Waals surface area contributed by atoms with E-state index in [0.29, 0.717) is 12.8 Å². The first-order chi connectivity index (χ1) is 7.72. The highest BCUT2D eigenvalue weighted by atomic mass is 16.6. The van der Waals surface area contributed by atoms with Gasteiger partial charge in [-0.1, -0.05) is 38.5 Å². The molecule has 0 aromatic carbocycles. The van der Waals surface area contributed by atoms with Crippen LogP contribution in [0.2, 0.25) is 0 Å². The Morgan fingerprint density at radius 2 is 1.44 bits per heavy atom. The molecule has 0 amide bonds. The molecular weight excluding hydrogens is 206 g/mol. The van der Waals surface area contributed by atoms with E-state index in [2.05, 4.69) is 0 Å². The zero-order chi connectivity index (χ0) is 11.8. The summed E-state index contributed by atoms with van der Waals surface area (Å²) < 4.78 is 0. The van der Waals surface area contributed by atoms with Crippen LogP contribution in [-0.4, -0.2) is 16.7 Å². The van der Waals surface area contributed by atoms with E-state index in [0.717, 1.165) is 38.5 Å². The van der Waals surface area contributed by atoms with Gasteiger partial charge in [-0.3, -0.25) is 14.9 Å². The average Bonchev–Trinajstić information content (AvgIpc) is 2.22. The Bertz CT molecular complexity index is 240. The normalized spacial score (nSPS) is 25.5. The lowest BCUT2D eigenvalue weighted by Crippen LogP contribution is -2.29. The lowest BCUT2D eigenvalue weighted by molar-refractivity contribution is -0.508. The van der Waals surface area contributed by atoms with Gasteiger partial charge in [-0.25, -0.2) is 0 Å². The van der Waals surface area contributed by atoms with Crippen molar-refractivity contribution in [2.24, 2.45) is 0 Å². The summed E-state index contributed by atoms with van der Waals surface area (Å²) in [6, 6.07) is -0.931. The Balaban J connectivity index is 2.46. The molecule has 0 saturated heterocycles. The maximum Gasteiger partial charge on any atom is 0.270 e. The Morgan fingerprint density at radius 1 is 0.938 bits per heavy atom. The summed E-state index contributed by atoms with van der Waals surface area (Å²) >= 11 is 0. The van der Waals surface area contributed by atoms with E-state index in [9.17, 15) is 14.9 Å². The van der Waals surface area contributed by atoms with E-state index in [1.807, 2.05) is 0 Å². The van der Waals surface area contributed by atoms with Crippen LogP contribution in [0.5, 0.6) is 0 Å². The van der Waals surface area contributed by atoms with Crippen molar-refractivity contribution in [3.63, 3.8) is 0 Å². The number of carbonyl (C=O) groups excluding carboxylic acids is 1. The molecule has 0 spiro atoms. The van der Waals surface area contributed by atoms with Gasteiger partial charge in [0.25, 0.3) is 6.04 Å². The monoisotopic (exact) mass is 227 g/mol. The predicted molar refractivity (Wildman–Crippen MR) is 62.0 cm³/mol. The Labute approximate surface area is 96.6 Å². The molecule has 0 radical (unpaired) electrons.